The van der Waals surface area contributed by atoms with Crippen LogP contribution in [0.25, 0.3) is 21.3 Å². The highest BCUT2D eigenvalue weighted by Gasteiger charge is 2.25. The number of anilines is 2. The van der Waals surface area contributed by atoms with Gasteiger partial charge in [-0.1, -0.05) is 17.4 Å². The van der Waals surface area contributed by atoms with Crippen molar-refractivity contribution in [1.29, 1.82) is 0 Å². The normalized spacial score (nSPS) is 16.4. The van der Waals surface area contributed by atoms with Crippen molar-refractivity contribution in [2.75, 3.05) is 30.3 Å². The van der Waals surface area contributed by atoms with Crippen LogP contribution in [0, 0.1) is 6.92 Å². The van der Waals surface area contributed by atoms with Crippen LogP contribution < -0.4 is 16.4 Å². The number of benzene rings is 2. The molecule has 36 heavy (non-hydrogen) atoms. The molecule has 1 fully saturated rings. The maximum absolute atomic E-state index is 13.2. The first-order chi connectivity index (χ1) is 17.5. The van der Waals surface area contributed by atoms with Crippen molar-refractivity contribution in [1.82, 2.24) is 19.9 Å². The molecule has 0 atom stereocenters. The number of hydrogen-bond acceptors (Lipinski definition) is 8. The number of nitrogens with zero attached hydrogens (tertiary/aromatic N) is 5. The summed E-state index contributed by atoms with van der Waals surface area (Å²) < 4.78 is 0. The molecule has 4 heterocycles. The van der Waals surface area contributed by atoms with Gasteiger partial charge >= 0.3 is 0 Å². The van der Waals surface area contributed by atoms with Crippen molar-refractivity contribution in [3.63, 3.8) is 0 Å². The number of aryl methyl sites for hydroxylation is 1. The van der Waals surface area contributed by atoms with Gasteiger partial charge in [0.15, 0.2) is 5.13 Å². The highest BCUT2D eigenvalue weighted by Crippen LogP contribution is 2.35. The van der Waals surface area contributed by atoms with Gasteiger partial charge in [0.1, 0.15) is 12.1 Å². The van der Waals surface area contributed by atoms with E-state index in [1.807, 2.05) is 17.2 Å². The predicted molar refractivity (Wildman–Crippen MR) is 144 cm³/mol. The van der Waals surface area contributed by atoms with Gasteiger partial charge in [-0.25, -0.2) is 15.0 Å². The van der Waals surface area contributed by atoms with E-state index in [9.17, 15) is 4.79 Å². The van der Waals surface area contributed by atoms with Gasteiger partial charge in [0.25, 0.3) is 5.91 Å². The minimum atomic E-state index is 0.0957. The predicted octanol–water partition coefficient (Wildman–Crippen LogP) is 3.77. The number of amides is 1. The lowest BCUT2D eigenvalue weighted by molar-refractivity contribution is 0.0714. The zero-order valence-electron chi connectivity index (χ0n) is 20.3. The number of aromatic nitrogens is 3. The highest BCUT2D eigenvalue weighted by molar-refractivity contribution is 7.18. The number of hydrogen-bond donors (Lipinski definition) is 2. The zero-order chi connectivity index (χ0) is 24.8. The zero-order valence-corrected chi connectivity index (χ0v) is 21.1. The molecule has 1 amide bonds. The van der Waals surface area contributed by atoms with Crippen molar-refractivity contribution in [2.24, 2.45) is 5.73 Å². The molecular weight excluding hydrogens is 470 g/mol. The van der Waals surface area contributed by atoms with Crippen LogP contribution in [-0.4, -0.2) is 51.4 Å². The molecule has 0 bridgehead atoms. The maximum atomic E-state index is 13.2. The number of carbonyl (C=O) groups is 1. The van der Waals surface area contributed by atoms with Crippen LogP contribution in [0.2, 0.25) is 0 Å². The standard InChI is InChI=1S/C27H29N7OS/c1-16-10-19(23-13-30-27(29)36-23)12-22-24(16)31-15-32-25(22)34-7-4-17-2-3-18(11-20(17)14-34)26(35)33-8-5-21(28)6-9-33/h2-3,10-13,15,21H,4-9,14,28H2,1H3,(H2,29,30). The minimum absolute atomic E-state index is 0.0957. The molecule has 0 saturated carbocycles. The second-order valence-corrected chi connectivity index (χ2v) is 10.8. The topological polar surface area (TPSA) is 114 Å². The lowest BCUT2D eigenvalue weighted by Gasteiger charge is -2.32. The first-order valence-corrected chi connectivity index (χ1v) is 13.2. The molecule has 9 heteroatoms. The van der Waals surface area contributed by atoms with Crippen LogP contribution in [0.1, 0.15) is 39.9 Å². The Morgan fingerprint density at radius 1 is 1.06 bits per heavy atom. The van der Waals surface area contributed by atoms with Crippen molar-refractivity contribution < 1.29 is 4.79 Å². The summed E-state index contributed by atoms with van der Waals surface area (Å²) in [6.45, 7) is 5.08. The summed E-state index contributed by atoms with van der Waals surface area (Å²) in [6, 6.07) is 10.6. The Kier molecular flexibility index (Phi) is 5.81. The minimum Gasteiger partial charge on any atom is -0.375 e. The number of fused-ring (bicyclic) bond motifs is 2. The molecule has 2 aliphatic rings. The average molecular weight is 500 g/mol. The van der Waals surface area contributed by atoms with Crippen molar-refractivity contribution in [3.8, 4) is 10.4 Å². The molecule has 184 valence electrons. The highest BCUT2D eigenvalue weighted by atomic mass is 32.1. The van der Waals surface area contributed by atoms with E-state index in [-0.39, 0.29) is 11.9 Å². The van der Waals surface area contributed by atoms with Gasteiger partial charge in [-0.05, 0) is 72.7 Å². The maximum Gasteiger partial charge on any atom is 0.253 e. The molecule has 2 aliphatic heterocycles. The Morgan fingerprint density at radius 2 is 1.89 bits per heavy atom. The van der Waals surface area contributed by atoms with Crippen molar-refractivity contribution >= 4 is 39.1 Å². The van der Waals surface area contributed by atoms with Gasteiger partial charge in [-0.3, -0.25) is 4.79 Å². The van der Waals surface area contributed by atoms with Gasteiger partial charge in [0.05, 0.1) is 10.4 Å². The SMILES string of the molecule is Cc1cc(-c2cnc(N)s2)cc2c(N3CCc4ccc(C(=O)N5CCC(N)CC5)cc4C3)ncnc12. The Morgan fingerprint density at radius 3 is 2.67 bits per heavy atom. The van der Waals surface area contributed by atoms with Crippen LogP contribution in [0.5, 0.6) is 0 Å². The van der Waals surface area contributed by atoms with E-state index in [1.54, 1.807) is 6.33 Å². The summed E-state index contributed by atoms with van der Waals surface area (Å²) in [7, 11) is 0. The van der Waals surface area contributed by atoms with Gasteiger partial charge in [-0.15, -0.1) is 0 Å². The average Bonchev–Trinajstić information content (AvgIpc) is 3.34. The Bertz CT molecular complexity index is 1460. The molecule has 0 radical (unpaired) electrons. The van der Waals surface area contributed by atoms with Gasteiger partial charge < -0.3 is 21.3 Å². The molecule has 2 aromatic carbocycles. The van der Waals surface area contributed by atoms with Crippen molar-refractivity contribution in [2.45, 2.75) is 38.8 Å². The second kappa shape index (κ2) is 9.15. The van der Waals surface area contributed by atoms with E-state index in [0.29, 0.717) is 11.7 Å². The Hall–Kier alpha value is -3.56. The number of likely N-dealkylation sites (tertiary alicyclic amines) is 1. The summed E-state index contributed by atoms with van der Waals surface area (Å²) >= 11 is 1.48. The smallest absolute Gasteiger partial charge is 0.253 e. The second-order valence-electron chi connectivity index (χ2n) is 9.73. The summed E-state index contributed by atoms with van der Waals surface area (Å²) in [5, 5.41) is 1.57. The number of thiazole rings is 1. The van der Waals surface area contributed by atoms with Gasteiger partial charge in [-0.2, -0.15) is 0 Å². The van der Waals surface area contributed by atoms with Crippen LogP contribution in [0.4, 0.5) is 10.9 Å². The van der Waals surface area contributed by atoms with Gasteiger partial charge in [0, 0.05) is 49.4 Å². The summed E-state index contributed by atoms with van der Waals surface area (Å²) in [4.78, 5) is 31.9. The molecule has 0 spiro atoms. The van der Waals surface area contributed by atoms with Crippen LogP contribution in [0.15, 0.2) is 42.9 Å². The fraction of sp³-hybridized carbons (Fsp3) is 0.333. The van der Waals surface area contributed by atoms with Crippen LogP contribution in [0.3, 0.4) is 0 Å². The van der Waals surface area contributed by atoms with E-state index in [2.05, 4.69) is 46.1 Å². The lowest BCUT2D eigenvalue weighted by atomic mass is 9.96. The molecule has 2 aromatic heterocycles. The fourth-order valence-corrected chi connectivity index (χ4v) is 5.98. The van der Waals surface area contributed by atoms with Gasteiger partial charge in [0.2, 0.25) is 0 Å². The molecule has 8 nitrogen and oxygen atoms in total. The van der Waals surface area contributed by atoms with E-state index in [4.69, 9.17) is 16.5 Å². The van der Waals surface area contributed by atoms with E-state index < -0.39 is 0 Å². The monoisotopic (exact) mass is 499 g/mol. The Balaban J connectivity index is 1.32. The molecule has 4 N–H and O–H groups in total. The van der Waals surface area contributed by atoms with Crippen molar-refractivity contribution in [3.05, 3.63) is 65.1 Å². The quantitative estimate of drug-likeness (QED) is 0.441. The molecule has 6 rings (SSSR count). The summed E-state index contributed by atoms with van der Waals surface area (Å²) in [6.07, 6.45) is 6.08. The number of carbonyl (C=O) groups excluding carboxylic acids is 1. The first-order valence-electron chi connectivity index (χ1n) is 12.3. The largest absolute Gasteiger partial charge is 0.375 e. The first kappa shape index (κ1) is 22.9. The van der Waals surface area contributed by atoms with E-state index in [1.165, 1.54) is 22.5 Å². The number of piperidine rings is 1. The van der Waals surface area contributed by atoms with E-state index in [0.717, 1.165) is 77.2 Å². The third-order valence-corrected chi connectivity index (χ3v) is 8.18. The fourth-order valence-electron chi connectivity index (χ4n) is 5.30. The third kappa shape index (κ3) is 4.18. The molecule has 1 saturated heterocycles. The van der Waals surface area contributed by atoms with Crippen LogP contribution >= 0.6 is 11.3 Å². The number of rotatable bonds is 3. The molecule has 0 aliphatic carbocycles. The molecule has 0 unspecified atom stereocenters. The molecular formula is C27H29N7OS. The Labute approximate surface area is 214 Å². The van der Waals surface area contributed by atoms with Crippen LogP contribution in [-0.2, 0) is 13.0 Å². The molecule has 4 aromatic rings. The summed E-state index contributed by atoms with van der Waals surface area (Å²) in [5.74, 6) is 1.01. The van der Waals surface area contributed by atoms with E-state index >= 15 is 0 Å². The number of nitrogen functional groups attached to an aromatic ring is 1. The number of nitrogens with two attached hydrogens (primary N) is 2. The summed E-state index contributed by atoms with van der Waals surface area (Å²) in [5.41, 5.74) is 18.2. The lowest BCUT2D eigenvalue weighted by Crippen LogP contribution is -2.43. The third-order valence-electron chi connectivity index (χ3n) is 7.31.